The van der Waals surface area contributed by atoms with Crippen LogP contribution in [0, 0.1) is 12.8 Å². The number of hydrogen-bond donors (Lipinski definition) is 1. The third-order valence-corrected chi connectivity index (χ3v) is 6.80. The summed E-state index contributed by atoms with van der Waals surface area (Å²) in [7, 11) is 0. The number of carbonyl (C=O) groups is 2. The first-order chi connectivity index (χ1) is 18.3. The van der Waals surface area contributed by atoms with Gasteiger partial charge in [-0.05, 0) is 49.6 Å². The number of aryl methyl sites for hydroxylation is 1. The molecule has 1 aromatic heterocycles. The largest absolute Gasteiger partial charge is 0.353 e. The number of nitrogens with one attached hydrogen (secondary N) is 1. The lowest BCUT2D eigenvalue weighted by Gasteiger charge is -2.28. The quantitative estimate of drug-likeness (QED) is 0.443. The fourth-order valence-corrected chi connectivity index (χ4v) is 4.70. The van der Waals surface area contributed by atoms with Crippen LogP contribution >= 0.6 is 11.6 Å². The number of anilines is 2. The molecule has 0 unspecified atom stereocenters. The van der Waals surface area contributed by atoms with Gasteiger partial charge in [0.1, 0.15) is 6.54 Å². The van der Waals surface area contributed by atoms with Crippen LogP contribution in [0.2, 0.25) is 5.02 Å². The number of nitrogens with zero attached hydrogens (tertiary/aromatic N) is 5. The topological polar surface area (TPSA) is 81.7 Å². The highest BCUT2D eigenvalue weighted by Crippen LogP contribution is 2.26. The molecule has 8 nitrogen and oxygen atoms in total. The van der Waals surface area contributed by atoms with Gasteiger partial charge in [0.15, 0.2) is 5.82 Å². The van der Waals surface area contributed by atoms with E-state index in [0.29, 0.717) is 36.9 Å². The molecule has 9 heteroatoms. The summed E-state index contributed by atoms with van der Waals surface area (Å²) in [6.07, 6.45) is 0.805. The summed E-state index contributed by atoms with van der Waals surface area (Å²) in [5.41, 5.74) is 3.40. The van der Waals surface area contributed by atoms with E-state index < -0.39 is 0 Å². The third kappa shape index (κ3) is 7.22. The smallest absolute Gasteiger partial charge is 0.322 e. The van der Waals surface area contributed by atoms with Crippen LogP contribution in [0.1, 0.15) is 25.8 Å². The molecule has 0 spiro atoms. The number of benzene rings is 2. The van der Waals surface area contributed by atoms with Crippen molar-refractivity contribution in [2.45, 2.75) is 27.2 Å². The Bertz CT molecular complexity index is 1230. The Labute approximate surface area is 229 Å². The summed E-state index contributed by atoms with van der Waals surface area (Å²) < 4.78 is 0. The van der Waals surface area contributed by atoms with Crippen LogP contribution in [0.5, 0.6) is 0 Å². The maximum absolute atomic E-state index is 13.3. The van der Waals surface area contributed by atoms with Crippen molar-refractivity contribution in [2.75, 3.05) is 49.5 Å². The average Bonchev–Trinajstić information content (AvgIpc) is 3.16. The summed E-state index contributed by atoms with van der Waals surface area (Å²) in [5, 5.41) is 12.4. The molecule has 0 aliphatic carbocycles. The van der Waals surface area contributed by atoms with Gasteiger partial charge in [0.2, 0.25) is 5.91 Å². The lowest BCUT2D eigenvalue weighted by atomic mass is 10.1. The Morgan fingerprint density at radius 2 is 1.74 bits per heavy atom. The van der Waals surface area contributed by atoms with Crippen molar-refractivity contribution < 1.29 is 9.59 Å². The number of rotatable bonds is 7. The van der Waals surface area contributed by atoms with Crippen LogP contribution in [-0.2, 0) is 4.79 Å². The van der Waals surface area contributed by atoms with Gasteiger partial charge in [-0.1, -0.05) is 61.3 Å². The second-order valence-electron chi connectivity index (χ2n) is 10.0. The van der Waals surface area contributed by atoms with Crippen molar-refractivity contribution in [1.82, 2.24) is 20.0 Å². The zero-order valence-electron chi connectivity index (χ0n) is 22.2. The van der Waals surface area contributed by atoms with E-state index in [1.165, 1.54) is 0 Å². The summed E-state index contributed by atoms with van der Waals surface area (Å²) in [6.45, 7) is 9.23. The van der Waals surface area contributed by atoms with Gasteiger partial charge in [-0.2, -0.15) is 0 Å². The van der Waals surface area contributed by atoms with Crippen LogP contribution in [0.4, 0.5) is 16.3 Å². The van der Waals surface area contributed by atoms with Crippen molar-refractivity contribution >= 4 is 35.0 Å². The molecular formula is C29H35ClN6O2. The van der Waals surface area contributed by atoms with Crippen molar-refractivity contribution in [2.24, 2.45) is 5.92 Å². The van der Waals surface area contributed by atoms with Gasteiger partial charge >= 0.3 is 6.03 Å². The van der Waals surface area contributed by atoms with Gasteiger partial charge in [0.25, 0.3) is 0 Å². The minimum atomic E-state index is -0.263. The molecule has 1 N–H and O–H groups in total. The Balaban J connectivity index is 1.36. The molecule has 200 valence electrons. The standard InChI is InChI=1S/C29H35ClN6O2/c1-21(2)19-36(29(38)31-23-11-9-22(3)10-12-23)20-28(37)35-16-6-15-34(17-18-35)27-14-13-26(32-33-27)24-7-4-5-8-25(24)30/h4-5,7-14,21H,6,15-20H2,1-3H3,(H,31,38). The maximum atomic E-state index is 13.3. The van der Waals surface area contributed by atoms with Gasteiger partial charge in [0.05, 0.1) is 10.7 Å². The van der Waals surface area contributed by atoms with E-state index in [2.05, 4.69) is 20.4 Å². The molecule has 0 radical (unpaired) electrons. The number of urea groups is 1. The van der Waals surface area contributed by atoms with E-state index in [1.807, 2.05) is 86.3 Å². The predicted octanol–water partition coefficient (Wildman–Crippen LogP) is 5.33. The third-order valence-electron chi connectivity index (χ3n) is 6.47. The summed E-state index contributed by atoms with van der Waals surface area (Å²) in [6, 6.07) is 18.8. The van der Waals surface area contributed by atoms with Crippen molar-refractivity contribution in [1.29, 1.82) is 0 Å². The van der Waals surface area contributed by atoms with Crippen molar-refractivity contribution in [3.63, 3.8) is 0 Å². The molecule has 3 amide bonds. The lowest BCUT2D eigenvalue weighted by Crippen LogP contribution is -2.46. The van der Waals surface area contributed by atoms with Gasteiger partial charge in [-0.25, -0.2) is 4.79 Å². The first kappa shape index (κ1) is 27.4. The van der Waals surface area contributed by atoms with Crippen molar-refractivity contribution in [3.05, 3.63) is 71.2 Å². The molecule has 2 heterocycles. The molecule has 2 aromatic carbocycles. The number of carbonyl (C=O) groups excluding carboxylic acids is 2. The number of hydrogen-bond acceptors (Lipinski definition) is 5. The summed E-state index contributed by atoms with van der Waals surface area (Å²) in [4.78, 5) is 31.9. The molecule has 4 rings (SSSR count). The second-order valence-corrected chi connectivity index (χ2v) is 10.5. The molecule has 1 aliphatic heterocycles. The van der Waals surface area contributed by atoms with E-state index in [9.17, 15) is 9.59 Å². The molecule has 1 aliphatic rings. The van der Waals surface area contributed by atoms with E-state index in [-0.39, 0.29) is 24.4 Å². The molecular weight excluding hydrogens is 500 g/mol. The fraction of sp³-hybridized carbons (Fsp3) is 0.379. The SMILES string of the molecule is Cc1ccc(NC(=O)N(CC(=O)N2CCCN(c3ccc(-c4ccccc4Cl)nn3)CC2)CC(C)C)cc1. The van der Waals surface area contributed by atoms with Gasteiger partial charge in [-0.3, -0.25) is 4.79 Å². The molecule has 1 saturated heterocycles. The zero-order valence-corrected chi connectivity index (χ0v) is 23.0. The Morgan fingerprint density at radius 3 is 2.42 bits per heavy atom. The van der Waals surface area contributed by atoms with Crippen LogP contribution in [0.25, 0.3) is 11.3 Å². The minimum absolute atomic E-state index is 0.0439. The highest BCUT2D eigenvalue weighted by molar-refractivity contribution is 6.33. The predicted molar refractivity (Wildman–Crippen MR) is 152 cm³/mol. The Kier molecular flexibility index (Phi) is 9.18. The van der Waals surface area contributed by atoms with Crippen LogP contribution in [-0.4, -0.2) is 71.2 Å². The summed E-state index contributed by atoms with van der Waals surface area (Å²) in [5.74, 6) is 0.958. The summed E-state index contributed by atoms with van der Waals surface area (Å²) >= 11 is 6.30. The highest BCUT2D eigenvalue weighted by Gasteiger charge is 2.25. The van der Waals surface area contributed by atoms with E-state index in [4.69, 9.17) is 11.6 Å². The van der Waals surface area contributed by atoms with E-state index >= 15 is 0 Å². The first-order valence-corrected chi connectivity index (χ1v) is 13.4. The maximum Gasteiger partial charge on any atom is 0.322 e. The molecule has 0 bridgehead atoms. The average molecular weight is 535 g/mol. The molecule has 0 saturated carbocycles. The molecule has 3 aromatic rings. The van der Waals surface area contributed by atoms with Crippen LogP contribution < -0.4 is 10.2 Å². The van der Waals surface area contributed by atoms with E-state index in [0.717, 1.165) is 35.6 Å². The van der Waals surface area contributed by atoms with E-state index in [1.54, 1.807) is 4.90 Å². The normalized spacial score (nSPS) is 13.8. The first-order valence-electron chi connectivity index (χ1n) is 13.0. The Hall–Kier alpha value is -3.65. The molecule has 1 fully saturated rings. The Morgan fingerprint density at radius 1 is 0.974 bits per heavy atom. The van der Waals surface area contributed by atoms with Crippen LogP contribution in [0.3, 0.4) is 0 Å². The lowest BCUT2D eigenvalue weighted by molar-refractivity contribution is -0.131. The van der Waals surface area contributed by atoms with Crippen LogP contribution in [0.15, 0.2) is 60.7 Å². The number of amides is 3. The molecule has 0 atom stereocenters. The minimum Gasteiger partial charge on any atom is -0.353 e. The highest BCUT2D eigenvalue weighted by atomic mass is 35.5. The zero-order chi connectivity index (χ0) is 27.1. The second kappa shape index (κ2) is 12.7. The number of halogens is 1. The van der Waals surface area contributed by atoms with Gasteiger partial charge < -0.3 is 20.0 Å². The van der Waals surface area contributed by atoms with Gasteiger partial charge in [-0.15, -0.1) is 10.2 Å². The van der Waals surface area contributed by atoms with Gasteiger partial charge in [0, 0.05) is 44.0 Å². The van der Waals surface area contributed by atoms with Crippen molar-refractivity contribution in [3.8, 4) is 11.3 Å². The number of aromatic nitrogens is 2. The fourth-order valence-electron chi connectivity index (χ4n) is 4.47. The monoisotopic (exact) mass is 534 g/mol. The molecule has 38 heavy (non-hydrogen) atoms.